The fourth-order valence-electron chi connectivity index (χ4n) is 2.57. The Morgan fingerprint density at radius 2 is 2.05 bits per heavy atom. The van der Waals surface area contributed by atoms with Crippen molar-refractivity contribution in [1.29, 1.82) is 0 Å². The molecule has 0 amide bonds. The normalized spacial score (nSPS) is 21.2. The first kappa shape index (κ1) is 14.9. The molecule has 0 spiro atoms. The molecular formula is C16H23NO3. The van der Waals surface area contributed by atoms with Gasteiger partial charge in [0.15, 0.2) is 0 Å². The summed E-state index contributed by atoms with van der Waals surface area (Å²) in [6.45, 7) is 5.40. The van der Waals surface area contributed by atoms with Crippen molar-refractivity contribution >= 4 is 5.97 Å². The van der Waals surface area contributed by atoms with Crippen molar-refractivity contribution < 1.29 is 14.3 Å². The summed E-state index contributed by atoms with van der Waals surface area (Å²) in [4.78, 5) is 12.2. The number of piperidine rings is 1. The van der Waals surface area contributed by atoms with Crippen LogP contribution in [0.5, 0.6) is 5.75 Å². The lowest BCUT2D eigenvalue weighted by molar-refractivity contribution is -0.151. The number of ether oxygens (including phenoxy) is 2. The first-order chi connectivity index (χ1) is 9.53. The predicted molar refractivity (Wildman–Crippen MR) is 77.6 cm³/mol. The highest BCUT2D eigenvalue weighted by Crippen LogP contribution is 2.30. The van der Waals surface area contributed by atoms with Gasteiger partial charge in [0.2, 0.25) is 0 Å². The highest BCUT2D eigenvalue weighted by Gasteiger charge is 2.38. The molecule has 0 radical (unpaired) electrons. The molecule has 1 aromatic rings. The van der Waals surface area contributed by atoms with E-state index in [1.165, 1.54) is 0 Å². The lowest BCUT2D eigenvalue weighted by Crippen LogP contribution is -2.52. The first-order valence-corrected chi connectivity index (χ1v) is 7.06. The molecule has 1 aromatic carbocycles. The van der Waals surface area contributed by atoms with Gasteiger partial charge in [-0.1, -0.05) is 26.0 Å². The van der Waals surface area contributed by atoms with Crippen LogP contribution in [0.4, 0.5) is 0 Å². The Morgan fingerprint density at radius 3 is 2.65 bits per heavy atom. The predicted octanol–water partition coefficient (Wildman–Crippen LogP) is 2.52. The van der Waals surface area contributed by atoms with Gasteiger partial charge in [-0.05, 0) is 42.5 Å². The minimum absolute atomic E-state index is 0.0464. The van der Waals surface area contributed by atoms with Crippen LogP contribution in [-0.2, 0) is 16.1 Å². The van der Waals surface area contributed by atoms with Crippen LogP contribution >= 0.6 is 0 Å². The van der Waals surface area contributed by atoms with Gasteiger partial charge in [-0.2, -0.15) is 0 Å². The molecule has 4 heteroatoms. The molecule has 2 rings (SSSR count). The smallest absolute Gasteiger partial charge is 0.324 e. The van der Waals surface area contributed by atoms with E-state index in [9.17, 15) is 4.79 Å². The molecule has 1 atom stereocenters. The van der Waals surface area contributed by atoms with Crippen molar-refractivity contribution in [2.24, 2.45) is 5.41 Å². The summed E-state index contributed by atoms with van der Waals surface area (Å²) in [5.41, 5.74) is 0.919. The largest absolute Gasteiger partial charge is 0.497 e. The van der Waals surface area contributed by atoms with Crippen LogP contribution in [0.1, 0.15) is 32.3 Å². The van der Waals surface area contributed by atoms with E-state index in [1.807, 2.05) is 24.3 Å². The summed E-state index contributed by atoms with van der Waals surface area (Å²) in [5, 5.41) is 3.27. The van der Waals surface area contributed by atoms with Crippen molar-refractivity contribution in [3.8, 4) is 5.75 Å². The Bertz CT molecular complexity index is 453. The van der Waals surface area contributed by atoms with Gasteiger partial charge in [0.25, 0.3) is 0 Å². The summed E-state index contributed by atoms with van der Waals surface area (Å²) in [5.74, 6) is 0.640. The summed E-state index contributed by atoms with van der Waals surface area (Å²) < 4.78 is 10.5. The first-order valence-electron chi connectivity index (χ1n) is 7.06. The Labute approximate surface area is 120 Å². The van der Waals surface area contributed by atoms with E-state index in [0.29, 0.717) is 6.61 Å². The maximum atomic E-state index is 12.2. The minimum atomic E-state index is -0.213. The van der Waals surface area contributed by atoms with Crippen molar-refractivity contribution in [3.05, 3.63) is 29.8 Å². The van der Waals surface area contributed by atoms with Gasteiger partial charge in [0, 0.05) is 0 Å². The van der Waals surface area contributed by atoms with Gasteiger partial charge in [-0.15, -0.1) is 0 Å². The summed E-state index contributed by atoms with van der Waals surface area (Å²) in [6, 6.07) is 7.34. The molecular weight excluding hydrogens is 254 g/mol. The number of hydrogen-bond donors (Lipinski definition) is 1. The summed E-state index contributed by atoms with van der Waals surface area (Å²) in [7, 11) is 1.63. The third-order valence-corrected chi connectivity index (χ3v) is 3.90. The average molecular weight is 277 g/mol. The van der Waals surface area contributed by atoms with E-state index in [-0.39, 0.29) is 17.4 Å². The Kier molecular flexibility index (Phi) is 4.65. The van der Waals surface area contributed by atoms with Crippen LogP contribution < -0.4 is 10.1 Å². The van der Waals surface area contributed by atoms with Gasteiger partial charge in [-0.3, -0.25) is 4.79 Å². The number of carbonyl (C=O) groups is 1. The molecule has 0 aliphatic carbocycles. The van der Waals surface area contributed by atoms with E-state index < -0.39 is 0 Å². The molecule has 0 aromatic heterocycles. The molecule has 1 aliphatic rings. The van der Waals surface area contributed by atoms with Gasteiger partial charge < -0.3 is 14.8 Å². The molecule has 4 nitrogen and oxygen atoms in total. The molecule has 1 saturated heterocycles. The van der Waals surface area contributed by atoms with E-state index in [4.69, 9.17) is 9.47 Å². The highest BCUT2D eigenvalue weighted by molar-refractivity contribution is 5.77. The number of hydrogen-bond acceptors (Lipinski definition) is 4. The molecule has 1 unspecified atom stereocenters. The number of carbonyl (C=O) groups excluding carboxylic acids is 1. The average Bonchev–Trinajstić information content (AvgIpc) is 2.45. The molecule has 110 valence electrons. The van der Waals surface area contributed by atoms with Crippen LogP contribution in [0, 0.1) is 5.41 Å². The molecule has 0 saturated carbocycles. The zero-order valence-electron chi connectivity index (χ0n) is 12.4. The highest BCUT2D eigenvalue weighted by atomic mass is 16.5. The van der Waals surface area contributed by atoms with Gasteiger partial charge >= 0.3 is 5.97 Å². The number of benzene rings is 1. The standard InChI is InChI=1S/C16H23NO3/c1-16(2)9-4-10-17-14(16)15(18)20-11-12-5-7-13(19-3)8-6-12/h5-8,14,17H,4,9-11H2,1-3H3. The lowest BCUT2D eigenvalue weighted by atomic mass is 9.77. The van der Waals surface area contributed by atoms with Crippen LogP contribution in [0.3, 0.4) is 0 Å². The second-order valence-corrected chi connectivity index (χ2v) is 5.94. The maximum absolute atomic E-state index is 12.2. The molecule has 1 N–H and O–H groups in total. The number of methoxy groups -OCH3 is 1. The fraction of sp³-hybridized carbons (Fsp3) is 0.562. The van der Waals surface area contributed by atoms with E-state index >= 15 is 0 Å². The van der Waals surface area contributed by atoms with Crippen molar-refractivity contribution in [2.75, 3.05) is 13.7 Å². The monoisotopic (exact) mass is 277 g/mol. The van der Waals surface area contributed by atoms with Crippen molar-refractivity contribution in [2.45, 2.75) is 39.3 Å². The zero-order valence-corrected chi connectivity index (χ0v) is 12.4. The quantitative estimate of drug-likeness (QED) is 0.859. The molecule has 1 fully saturated rings. The third-order valence-electron chi connectivity index (χ3n) is 3.90. The zero-order chi connectivity index (χ0) is 14.6. The third kappa shape index (κ3) is 3.51. The summed E-state index contributed by atoms with van der Waals surface area (Å²) >= 11 is 0. The van der Waals surface area contributed by atoms with Gasteiger partial charge in [0.1, 0.15) is 18.4 Å². The minimum Gasteiger partial charge on any atom is -0.497 e. The number of rotatable bonds is 4. The maximum Gasteiger partial charge on any atom is 0.324 e. The van der Waals surface area contributed by atoms with Crippen LogP contribution in [-0.4, -0.2) is 25.7 Å². The topological polar surface area (TPSA) is 47.6 Å². The van der Waals surface area contributed by atoms with Crippen LogP contribution in [0.15, 0.2) is 24.3 Å². The number of nitrogens with one attached hydrogen (secondary N) is 1. The van der Waals surface area contributed by atoms with Crippen molar-refractivity contribution in [1.82, 2.24) is 5.32 Å². The number of esters is 1. The second-order valence-electron chi connectivity index (χ2n) is 5.94. The van der Waals surface area contributed by atoms with Crippen molar-refractivity contribution in [3.63, 3.8) is 0 Å². The Morgan fingerprint density at radius 1 is 1.35 bits per heavy atom. The van der Waals surface area contributed by atoms with Gasteiger partial charge in [-0.25, -0.2) is 0 Å². The summed E-state index contributed by atoms with van der Waals surface area (Å²) in [6.07, 6.45) is 2.15. The van der Waals surface area contributed by atoms with Crippen LogP contribution in [0.2, 0.25) is 0 Å². The molecule has 0 bridgehead atoms. The Hall–Kier alpha value is -1.55. The fourth-order valence-corrected chi connectivity index (χ4v) is 2.57. The molecule has 1 aliphatic heterocycles. The van der Waals surface area contributed by atoms with E-state index in [0.717, 1.165) is 30.7 Å². The lowest BCUT2D eigenvalue weighted by Gasteiger charge is -2.37. The molecule has 20 heavy (non-hydrogen) atoms. The SMILES string of the molecule is COc1ccc(COC(=O)C2NCCCC2(C)C)cc1. The molecule has 1 heterocycles. The van der Waals surface area contributed by atoms with Gasteiger partial charge in [0.05, 0.1) is 7.11 Å². The van der Waals surface area contributed by atoms with E-state index in [2.05, 4.69) is 19.2 Å². The second kappa shape index (κ2) is 6.27. The van der Waals surface area contributed by atoms with E-state index in [1.54, 1.807) is 7.11 Å². The Balaban J connectivity index is 1.90. The van der Waals surface area contributed by atoms with Crippen LogP contribution in [0.25, 0.3) is 0 Å².